The molecule has 0 heterocycles. The van der Waals surface area contributed by atoms with E-state index in [0.29, 0.717) is 18.2 Å². The lowest BCUT2D eigenvalue weighted by molar-refractivity contribution is 0.0698. The summed E-state index contributed by atoms with van der Waals surface area (Å²) in [5.41, 5.74) is 0.418. The number of benzene rings is 1. The van der Waals surface area contributed by atoms with Crippen LogP contribution in [-0.2, 0) is 0 Å². The molecule has 0 aliphatic heterocycles. The van der Waals surface area contributed by atoms with E-state index in [1.165, 1.54) is 6.07 Å². The van der Waals surface area contributed by atoms with Crippen LogP contribution in [0.25, 0.3) is 0 Å². The normalized spacial score (nSPS) is 10.4. The predicted molar refractivity (Wildman–Crippen MR) is 87.2 cm³/mol. The standard InChI is InChI=1S/C14H19IN2O3/c1-9(2)6-7-17(3)14(20)16-12-5-4-10(15)8-11(12)13(18)19/h4-5,8-9H,6-7H2,1-3H3,(H,16,20)(H,18,19). The van der Waals surface area contributed by atoms with E-state index in [1.807, 2.05) is 22.6 Å². The van der Waals surface area contributed by atoms with Crippen molar-refractivity contribution in [1.82, 2.24) is 4.90 Å². The molecule has 6 heteroatoms. The first kappa shape index (κ1) is 16.7. The molecule has 0 aromatic heterocycles. The molecule has 0 aliphatic rings. The van der Waals surface area contributed by atoms with Gasteiger partial charge >= 0.3 is 12.0 Å². The van der Waals surface area contributed by atoms with Gasteiger partial charge in [0, 0.05) is 17.2 Å². The van der Waals surface area contributed by atoms with Gasteiger partial charge in [-0.2, -0.15) is 0 Å². The summed E-state index contributed by atoms with van der Waals surface area (Å²) < 4.78 is 0.811. The fourth-order valence-electron chi connectivity index (χ4n) is 1.57. The number of carboxylic acid groups (broad SMARTS) is 1. The van der Waals surface area contributed by atoms with E-state index in [1.54, 1.807) is 24.1 Å². The van der Waals surface area contributed by atoms with Crippen LogP contribution in [0.1, 0.15) is 30.6 Å². The lowest BCUT2D eigenvalue weighted by atomic mass is 10.1. The van der Waals surface area contributed by atoms with Crippen LogP contribution in [0.3, 0.4) is 0 Å². The molecular weight excluding hydrogens is 371 g/mol. The van der Waals surface area contributed by atoms with Crippen LogP contribution >= 0.6 is 22.6 Å². The van der Waals surface area contributed by atoms with Crippen LogP contribution in [0.15, 0.2) is 18.2 Å². The third-order valence-corrected chi connectivity index (χ3v) is 3.51. The van der Waals surface area contributed by atoms with E-state index in [4.69, 9.17) is 5.11 Å². The molecule has 0 fully saturated rings. The Labute approximate surface area is 132 Å². The predicted octanol–water partition coefficient (Wildman–Crippen LogP) is 3.50. The fraction of sp³-hybridized carbons (Fsp3) is 0.429. The van der Waals surface area contributed by atoms with Crippen molar-refractivity contribution in [3.8, 4) is 0 Å². The zero-order valence-corrected chi connectivity index (χ0v) is 14.0. The molecule has 0 saturated heterocycles. The topological polar surface area (TPSA) is 69.6 Å². The molecule has 110 valence electrons. The number of halogens is 1. The number of hydrogen-bond acceptors (Lipinski definition) is 2. The maximum absolute atomic E-state index is 12.0. The maximum atomic E-state index is 12.0. The SMILES string of the molecule is CC(C)CCN(C)C(=O)Nc1ccc(I)cc1C(=O)O. The summed E-state index contributed by atoms with van der Waals surface area (Å²) in [6.45, 7) is 4.82. The van der Waals surface area contributed by atoms with Crippen molar-refractivity contribution in [2.24, 2.45) is 5.92 Å². The molecule has 20 heavy (non-hydrogen) atoms. The maximum Gasteiger partial charge on any atom is 0.337 e. The number of carboxylic acids is 1. The van der Waals surface area contributed by atoms with Gasteiger partial charge in [-0.3, -0.25) is 0 Å². The summed E-state index contributed by atoms with van der Waals surface area (Å²) in [4.78, 5) is 24.7. The first-order chi connectivity index (χ1) is 9.31. The van der Waals surface area contributed by atoms with Crippen LogP contribution < -0.4 is 5.32 Å². The highest BCUT2D eigenvalue weighted by Gasteiger charge is 2.15. The summed E-state index contributed by atoms with van der Waals surface area (Å²) in [7, 11) is 1.70. The lowest BCUT2D eigenvalue weighted by Gasteiger charge is -2.19. The van der Waals surface area contributed by atoms with Crippen molar-refractivity contribution in [2.45, 2.75) is 20.3 Å². The molecule has 1 aromatic carbocycles. The van der Waals surface area contributed by atoms with Crippen molar-refractivity contribution in [2.75, 3.05) is 18.9 Å². The van der Waals surface area contributed by atoms with Crippen molar-refractivity contribution in [3.05, 3.63) is 27.3 Å². The highest BCUT2D eigenvalue weighted by Crippen LogP contribution is 2.19. The van der Waals surface area contributed by atoms with Gasteiger partial charge in [-0.05, 0) is 53.1 Å². The molecule has 0 saturated carbocycles. The zero-order chi connectivity index (χ0) is 15.3. The number of rotatable bonds is 5. The Hall–Kier alpha value is -1.31. The third kappa shape index (κ3) is 4.99. The molecule has 0 radical (unpaired) electrons. The minimum atomic E-state index is -1.05. The number of nitrogens with one attached hydrogen (secondary N) is 1. The minimum absolute atomic E-state index is 0.0995. The molecule has 2 amide bonds. The molecule has 5 nitrogen and oxygen atoms in total. The summed E-state index contributed by atoms with van der Waals surface area (Å²) in [6, 6.07) is 4.61. The summed E-state index contributed by atoms with van der Waals surface area (Å²) in [5, 5.41) is 11.8. The van der Waals surface area contributed by atoms with Crippen LogP contribution in [-0.4, -0.2) is 35.6 Å². The van der Waals surface area contributed by atoms with Crippen LogP contribution in [0.2, 0.25) is 0 Å². The van der Waals surface area contributed by atoms with Gasteiger partial charge in [-0.1, -0.05) is 13.8 Å². The molecule has 1 rings (SSSR count). The molecule has 0 bridgehead atoms. The van der Waals surface area contributed by atoms with Gasteiger partial charge in [-0.25, -0.2) is 9.59 Å². The third-order valence-electron chi connectivity index (χ3n) is 2.84. The van der Waals surface area contributed by atoms with E-state index in [-0.39, 0.29) is 11.6 Å². The number of amides is 2. The molecule has 1 aromatic rings. The van der Waals surface area contributed by atoms with E-state index in [9.17, 15) is 9.59 Å². The van der Waals surface area contributed by atoms with Crippen LogP contribution in [0.5, 0.6) is 0 Å². The Balaban J connectivity index is 2.77. The number of nitrogens with zero attached hydrogens (tertiary/aromatic N) is 1. The highest BCUT2D eigenvalue weighted by atomic mass is 127. The van der Waals surface area contributed by atoms with Gasteiger partial charge in [0.1, 0.15) is 0 Å². The quantitative estimate of drug-likeness (QED) is 0.757. The number of anilines is 1. The lowest BCUT2D eigenvalue weighted by Crippen LogP contribution is -2.33. The zero-order valence-electron chi connectivity index (χ0n) is 11.8. The van der Waals surface area contributed by atoms with Crippen molar-refractivity contribution >= 4 is 40.3 Å². The Bertz CT molecular complexity index is 503. The van der Waals surface area contributed by atoms with Gasteiger partial charge in [0.25, 0.3) is 0 Å². The smallest absolute Gasteiger partial charge is 0.337 e. The molecule has 0 atom stereocenters. The van der Waals surface area contributed by atoms with Gasteiger partial charge in [0.15, 0.2) is 0 Å². The number of urea groups is 1. The van der Waals surface area contributed by atoms with Gasteiger partial charge in [0.05, 0.1) is 11.3 Å². The van der Waals surface area contributed by atoms with Crippen LogP contribution in [0.4, 0.5) is 10.5 Å². The average Bonchev–Trinajstić information content (AvgIpc) is 2.37. The monoisotopic (exact) mass is 390 g/mol. The first-order valence-electron chi connectivity index (χ1n) is 6.36. The van der Waals surface area contributed by atoms with E-state index < -0.39 is 5.97 Å². The molecule has 0 spiro atoms. The second kappa shape index (κ2) is 7.47. The molecule has 0 aliphatic carbocycles. The van der Waals surface area contributed by atoms with Crippen molar-refractivity contribution in [1.29, 1.82) is 0 Å². The average molecular weight is 390 g/mol. The number of carbonyl (C=O) groups excluding carboxylic acids is 1. The summed E-state index contributed by atoms with van der Waals surface area (Å²) >= 11 is 2.04. The number of aromatic carboxylic acids is 1. The number of hydrogen-bond donors (Lipinski definition) is 2. The Morgan fingerprint density at radius 1 is 1.40 bits per heavy atom. The van der Waals surface area contributed by atoms with E-state index in [2.05, 4.69) is 19.2 Å². The summed E-state index contributed by atoms with van der Waals surface area (Å²) in [6.07, 6.45) is 0.905. The first-order valence-corrected chi connectivity index (χ1v) is 7.44. The second-order valence-electron chi connectivity index (χ2n) is 5.03. The van der Waals surface area contributed by atoms with Crippen LogP contribution in [0, 0.1) is 9.49 Å². The Kier molecular flexibility index (Phi) is 6.25. The van der Waals surface area contributed by atoms with Gasteiger partial charge < -0.3 is 15.3 Å². The Morgan fingerprint density at radius 3 is 2.60 bits per heavy atom. The fourth-order valence-corrected chi connectivity index (χ4v) is 2.06. The molecule has 0 unspecified atom stereocenters. The number of carbonyl (C=O) groups is 2. The Morgan fingerprint density at radius 2 is 2.05 bits per heavy atom. The van der Waals surface area contributed by atoms with E-state index in [0.717, 1.165) is 9.99 Å². The van der Waals surface area contributed by atoms with Crippen molar-refractivity contribution < 1.29 is 14.7 Å². The summed E-state index contributed by atoms with van der Waals surface area (Å²) in [5.74, 6) is -0.540. The highest BCUT2D eigenvalue weighted by molar-refractivity contribution is 14.1. The second-order valence-corrected chi connectivity index (χ2v) is 6.27. The van der Waals surface area contributed by atoms with Crippen molar-refractivity contribution in [3.63, 3.8) is 0 Å². The largest absolute Gasteiger partial charge is 0.478 e. The van der Waals surface area contributed by atoms with E-state index >= 15 is 0 Å². The molecule has 2 N–H and O–H groups in total. The van der Waals surface area contributed by atoms with Gasteiger partial charge in [-0.15, -0.1) is 0 Å². The van der Waals surface area contributed by atoms with Gasteiger partial charge in [0.2, 0.25) is 0 Å². The molecular formula is C14H19IN2O3. The minimum Gasteiger partial charge on any atom is -0.478 e.